The molecule has 0 saturated carbocycles. The average molecular weight is 270 g/mol. The van der Waals surface area contributed by atoms with Gasteiger partial charge in [0.1, 0.15) is 0 Å². The highest BCUT2D eigenvalue weighted by atomic mass is 35.5. The molecule has 0 N–H and O–H groups in total. The van der Waals surface area contributed by atoms with Crippen LogP contribution in [-0.2, 0) is 13.0 Å². The number of halogens is 1. The molecule has 2 atom stereocenters. The zero-order valence-electron chi connectivity index (χ0n) is 10.4. The monoisotopic (exact) mass is 269 g/mol. The van der Waals surface area contributed by atoms with E-state index in [2.05, 4.69) is 24.0 Å². The van der Waals surface area contributed by atoms with Crippen LogP contribution in [0.15, 0.2) is 12.1 Å². The van der Waals surface area contributed by atoms with Crippen molar-refractivity contribution in [1.29, 1.82) is 0 Å². The van der Waals surface area contributed by atoms with Gasteiger partial charge in [-0.3, -0.25) is 4.90 Å². The maximum atomic E-state index is 6.32. The maximum Gasteiger partial charge on any atom is 0.0365 e. The molecule has 3 rings (SSSR count). The molecule has 1 aromatic heterocycles. The Balaban J connectivity index is 1.69. The molecule has 0 spiro atoms. The lowest BCUT2D eigenvalue weighted by Gasteiger charge is -2.36. The maximum absolute atomic E-state index is 6.32. The van der Waals surface area contributed by atoms with Crippen molar-refractivity contribution in [3.8, 4) is 0 Å². The van der Waals surface area contributed by atoms with Crippen LogP contribution in [0, 0.1) is 0 Å². The summed E-state index contributed by atoms with van der Waals surface area (Å²) in [5.74, 6) is 0. The molecular weight excluding hydrogens is 250 g/mol. The minimum Gasteiger partial charge on any atom is -0.292 e. The van der Waals surface area contributed by atoms with E-state index in [0.29, 0.717) is 5.38 Å². The third kappa shape index (κ3) is 2.40. The van der Waals surface area contributed by atoms with Gasteiger partial charge in [-0.2, -0.15) is 0 Å². The zero-order valence-corrected chi connectivity index (χ0v) is 11.9. The van der Waals surface area contributed by atoms with Crippen molar-refractivity contribution in [2.45, 2.75) is 63.0 Å². The van der Waals surface area contributed by atoms with Crippen molar-refractivity contribution in [1.82, 2.24) is 4.90 Å². The molecule has 2 fully saturated rings. The van der Waals surface area contributed by atoms with Crippen LogP contribution in [0.5, 0.6) is 0 Å². The minimum absolute atomic E-state index is 0.429. The summed E-state index contributed by atoms with van der Waals surface area (Å²) in [6, 6.07) is 6.11. The number of nitrogens with zero attached hydrogens (tertiary/aromatic N) is 1. The van der Waals surface area contributed by atoms with Gasteiger partial charge >= 0.3 is 0 Å². The molecule has 94 valence electrons. The normalized spacial score (nSPS) is 33.2. The highest BCUT2D eigenvalue weighted by molar-refractivity contribution is 7.11. The van der Waals surface area contributed by atoms with Crippen LogP contribution in [0.2, 0.25) is 0 Å². The van der Waals surface area contributed by atoms with Crippen LogP contribution in [0.3, 0.4) is 0 Å². The molecule has 3 heteroatoms. The molecule has 0 aliphatic carbocycles. The summed E-state index contributed by atoms with van der Waals surface area (Å²) in [7, 11) is 0. The summed E-state index contributed by atoms with van der Waals surface area (Å²) in [5, 5.41) is 0.429. The smallest absolute Gasteiger partial charge is 0.0365 e. The van der Waals surface area contributed by atoms with Crippen molar-refractivity contribution in [2.75, 3.05) is 0 Å². The number of alkyl halides is 1. The molecule has 1 nitrogen and oxygen atoms in total. The van der Waals surface area contributed by atoms with Crippen molar-refractivity contribution >= 4 is 22.9 Å². The van der Waals surface area contributed by atoms with Gasteiger partial charge in [0.15, 0.2) is 0 Å². The van der Waals surface area contributed by atoms with Crippen LogP contribution < -0.4 is 0 Å². The first-order valence-electron chi connectivity index (χ1n) is 6.73. The van der Waals surface area contributed by atoms with Gasteiger partial charge in [0, 0.05) is 33.8 Å². The highest BCUT2D eigenvalue weighted by Gasteiger charge is 2.39. The van der Waals surface area contributed by atoms with Crippen molar-refractivity contribution in [3.63, 3.8) is 0 Å². The predicted octanol–water partition coefficient (Wildman–Crippen LogP) is 4.04. The summed E-state index contributed by atoms with van der Waals surface area (Å²) < 4.78 is 0. The fourth-order valence-electron chi connectivity index (χ4n) is 3.34. The van der Waals surface area contributed by atoms with Gasteiger partial charge in [0.2, 0.25) is 0 Å². The largest absolute Gasteiger partial charge is 0.292 e. The van der Waals surface area contributed by atoms with E-state index >= 15 is 0 Å². The lowest BCUT2D eigenvalue weighted by atomic mass is 10.0. The fourth-order valence-corrected chi connectivity index (χ4v) is 4.72. The molecule has 3 heterocycles. The molecule has 17 heavy (non-hydrogen) atoms. The molecule has 2 aliphatic rings. The first-order chi connectivity index (χ1) is 8.26. The number of rotatable bonds is 3. The first kappa shape index (κ1) is 12.0. The summed E-state index contributed by atoms with van der Waals surface area (Å²) >= 11 is 8.30. The molecule has 0 radical (unpaired) electrons. The summed E-state index contributed by atoms with van der Waals surface area (Å²) in [4.78, 5) is 5.76. The van der Waals surface area contributed by atoms with Gasteiger partial charge in [0.25, 0.3) is 0 Å². The van der Waals surface area contributed by atoms with Gasteiger partial charge in [-0.25, -0.2) is 0 Å². The minimum atomic E-state index is 0.429. The summed E-state index contributed by atoms with van der Waals surface area (Å²) in [6.07, 6.45) is 6.29. The third-order valence-electron chi connectivity index (χ3n) is 4.23. The second-order valence-electron chi connectivity index (χ2n) is 5.35. The van der Waals surface area contributed by atoms with Gasteiger partial charge in [-0.05, 0) is 44.2 Å². The Morgan fingerprint density at radius 1 is 1.24 bits per heavy atom. The van der Waals surface area contributed by atoms with E-state index in [1.165, 1.54) is 41.9 Å². The molecule has 0 aromatic carbocycles. The van der Waals surface area contributed by atoms with Crippen LogP contribution >= 0.6 is 22.9 Å². The van der Waals surface area contributed by atoms with Crippen LogP contribution in [0.25, 0.3) is 0 Å². The molecule has 2 aliphatic heterocycles. The molecule has 2 saturated heterocycles. The number of piperidine rings is 1. The average Bonchev–Trinajstić information content (AvgIpc) is 2.85. The molecule has 2 bridgehead atoms. The number of aryl methyl sites for hydroxylation is 1. The predicted molar refractivity (Wildman–Crippen MR) is 74.9 cm³/mol. The number of hydrogen-bond acceptors (Lipinski definition) is 2. The molecule has 0 amide bonds. The first-order valence-corrected chi connectivity index (χ1v) is 7.99. The second kappa shape index (κ2) is 4.91. The topological polar surface area (TPSA) is 3.24 Å². The van der Waals surface area contributed by atoms with Crippen molar-refractivity contribution < 1.29 is 0 Å². The summed E-state index contributed by atoms with van der Waals surface area (Å²) in [6.45, 7) is 3.39. The lowest BCUT2D eigenvalue weighted by molar-refractivity contribution is 0.136. The Morgan fingerprint density at radius 2 is 1.88 bits per heavy atom. The van der Waals surface area contributed by atoms with E-state index in [1.54, 1.807) is 0 Å². The SMILES string of the molecule is CCc1ccc(CN2C3CCC2CC(Cl)C3)s1. The Labute approximate surface area is 113 Å². The van der Waals surface area contributed by atoms with Crippen LogP contribution in [0.4, 0.5) is 0 Å². The Bertz CT molecular complexity index is 375. The third-order valence-corrected chi connectivity index (χ3v) is 5.80. The molecule has 2 unspecified atom stereocenters. The zero-order chi connectivity index (χ0) is 11.8. The van der Waals surface area contributed by atoms with Gasteiger partial charge in [-0.1, -0.05) is 6.92 Å². The van der Waals surface area contributed by atoms with E-state index in [9.17, 15) is 0 Å². The van der Waals surface area contributed by atoms with E-state index in [0.717, 1.165) is 18.6 Å². The Kier molecular flexibility index (Phi) is 3.47. The van der Waals surface area contributed by atoms with Crippen LogP contribution in [-0.4, -0.2) is 22.4 Å². The van der Waals surface area contributed by atoms with Crippen LogP contribution in [0.1, 0.15) is 42.4 Å². The van der Waals surface area contributed by atoms with Crippen molar-refractivity contribution in [2.24, 2.45) is 0 Å². The second-order valence-corrected chi connectivity index (χ2v) is 7.22. The van der Waals surface area contributed by atoms with Gasteiger partial charge < -0.3 is 0 Å². The number of thiophene rings is 1. The molecular formula is C14H20ClNS. The Hall–Kier alpha value is -0.0500. The number of fused-ring (bicyclic) bond motifs is 2. The standard InChI is InChI=1S/C14H20ClNS/c1-2-13-5-6-14(17-13)9-16-11-3-4-12(16)8-10(15)7-11/h5-6,10-12H,2-4,7-9H2,1H3. The quantitative estimate of drug-likeness (QED) is 0.749. The Morgan fingerprint density at radius 3 is 2.47 bits per heavy atom. The van der Waals surface area contributed by atoms with E-state index < -0.39 is 0 Å². The molecule has 1 aromatic rings. The van der Waals surface area contributed by atoms with E-state index in [-0.39, 0.29) is 0 Å². The van der Waals surface area contributed by atoms with Gasteiger partial charge in [0.05, 0.1) is 0 Å². The van der Waals surface area contributed by atoms with Crippen molar-refractivity contribution in [3.05, 3.63) is 21.9 Å². The number of hydrogen-bond donors (Lipinski definition) is 0. The summed E-state index contributed by atoms with van der Waals surface area (Å²) in [5.41, 5.74) is 0. The highest BCUT2D eigenvalue weighted by Crippen LogP contribution is 2.39. The lowest BCUT2D eigenvalue weighted by Crippen LogP contribution is -2.42. The van der Waals surface area contributed by atoms with E-state index in [1.807, 2.05) is 11.3 Å². The van der Waals surface area contributed by atoms with E-state index in [4.69, 9.17) is 11.6 Å². The van der Waals surface area contributed by atoms with Gasteiger partial charge in [-0.15, -0.1) is 22.9 Å². The fraction of sp³-hybridized carbons (Fsp3) is 0.714.